The van der Waals surface area contributed by atoms with Gasteiger partial charge in [0.1, 0.15) is 10.9 Å². The number of hydrogen-bond donors (Lipinski definition) is 0. The summed E-state index contributed by atoms with van der Waals surface area (Å²) in [6.07, 6.45) is 6.27. The van der Waals surface area contributed by atoms with Gasteiger partial charge in [-0.15, -0.1) is 11.3 Å². The van der Waals surface area contributed by atoms with Gasteiger partial charge >= 0.3 is 5.97 Å². The van der Waals surface area contributed by atoms with Crippen LogP contribution in [0.4, 0.5) is 0 Å². The Morgan fingerprint density at radius 2 is 2.18 bits per heavy atom. The summed E-state index contributed by atoms with van der Waals surface area (Å²) in [5.41, 5.74) is 1.04. The van der Waals surface area contributed by atoms with Gasteiger partial charge < -0.3 is 4.74 Å². The fourth-order valence-electron chi connectivity index (χ4n) is 3.10. The van der Waals surface area contributed by atoms with Crippen LogP contribution >= 0.6 is 11.3 Å². The Hall–Kier alpha value is -1.69. The molecule has 0 fully saturated rings. The molecule has 0 bridgehead atoms. The maximum absolute atomic E-state index is 12.9. The van der Waals surface area contributed by atoms with E-state index in [1.165, 1.54) is 22.2 Å². The number of fused-ring (bicyclic) bond motifs is 3. The van der Waals surface area contributed by atoms with E-state index in [-0.39, 0.29) is 11.5 Å². The van der Waals surface area contributed by atoms with Crippen LogP contribution < -0.4 is 5.56 Å². The number of carbonyl (C=O) groups excluding carboxylic acids is 1. The molecule has 1 atom stereocenters. The van der Waals surface area contributed by atoms with E-state index in [1.807, 2.05) is 6.92 Å². The van der Waals surface area contributed by atoms with Gasteiger partial charge in [0.25, 0.3) is 5.56 Å². The van der Waals surface area contributed by atoms with E-state index in [0.29, 0.717) is 18.4 Å². The second-order valence-corrected chi connectivity index (χ2v) is 6.61. The van der Waals surface area contributed by atoms with Gasteiger partial charge in [-0.3, -0.25) is 9.36 Å². The van der Waals surface area contributed by atoms with E-state index in [2.05, 4.69) is 4.98 Å². The molecule has 118 valence electrons. The highest BCUT2D eigenvalue weighted by Gasteiger charge is 2.25. The molecule has 0 saturated heterocycles. The van der Waals surface area contributed by atoms with E-state index in [1.54, 1.807) is 18.3 Å². The lowest BCUT2D eigenvalue weighted by Crippen LogP contribution is -2.31. The van der Waals surface area contributed by atoms with Gasteiger partial charge in [0.2, 0.25) is 0 Å². The molecule has 0 saturated carbocycles. The third-order valence-corrected chi connectivity index (χ3v) is 5.38. The minimum atomic E-state index is -0.594. The first-order valence-electron chi connectivity index (χ1n) is 7.85. The Kier molecular flexibility index (Phi) is 4.29. The van der Waals surface area contributed by atoms with Gasteiger partial charge in [0.15, 0.2) is 0 Å². The zero-order valence-corrected chi connectivity index (χ0v) is 13.7. The van der Waals surface area contributed by atoms with Gasteiger partial charge in [0.05, 0.1) is 18.3 Å². The summed E-state index contributed by atoms with van der Waals surface area (Å²) in [4.78, 5) is 31.5. The number of ether oxygens (including phenoxy) is 1. The van der Waals surface area contributed by atoms with Crippen LogP contribution in [0.15, 0.2) is 11.1 Å². The quantitative estimate of drug-likeness (QED) is 0.813. The number of hydrogen-bond acceptors (Lipinski definition) is 5. The van der Waals surface area contributed by atoms with Crippen molar-refractivity contribution in [3.63, 3.8) is 0 Å². The minimum Gasteiger partial charge on any atom is -0.464 e. The molecule has 5 nitrogen and oxygen atoms in total. The maximum Gasteiger partial charge on any atom is 0.329 e. The molecule has 2 heterocycles. The lowest BCUT2D eigenvalue weighted by Gasteiger charge is -2.16. The summed E-state index contributed by atoms with van der Waals surface area (Å²) in [7, 11) is 0. The average Bonchev–Trinajstić information content (AvgIpc) is 2.89. The maximum atomic E-state index is 12.9. The van der Waals surface area contributed by atoms with Crippen molar-refractivity contribution in [3.8, 4) is 0 Å². The molecule has 1 aliphatic rings. The van der Waals surface area contributed by atoms with Crippen molar-refractivity contribution < 1.29 is 9.53 Å². The predicted molar refractivity (Wildman–Crippen MR) is 86.5 cm³/mol. The molecule has 3 rings (SSSR count). The second kappa shape index (κ2) is 6.20. The molecule has 0 aromatic carbocycles. The number of rotatable bonds is 4. The molecule has 2 aromatic rings. The minimum absolute atomic E-state index is 0.107. The second-order valence-electron chi connectivity index (χ2n) is 5.52. The van der Waals surface area contributed by atoms with Crippen molar-refractivity contribution in [2.24, 2.45) is 0 Å². The van der Waals surface area contributed by atoms with Crippen molar-refractivity contribution >= 4 is 27.5 Å². The Morgan fingerprint density at radius 1 is 1.41 bits per heavy atom. The first-order chi connectivity index (χ1) is 10.7. The number of carbonyl (C=O) groups is 1. The third kappa shape index (κ3) is 2.45. The van der Waals surface area contributed by atoms with Crippen molar-refractivity contribution in [2.45, 2.75) is 52.0 Å². The van der Waals surface area contributed by atoms with Crippen LogP contribution in [0, 0.1) is 0 Å². The van der Waals surface area contributed by atoms with Gasteiger partial charge in [-0.25, -0.2) is 9.78 Å². The van der Waals surface area contributed by atoms with E-state index in [9.17, 15) is 9.59 Å². The highest BCUT2D eigenvalue weighted by atomic mass is 32.1. The van der Waals surface area contributed by atoms with Crippen molar-refractivity contribution in [2.75, 3.05) is 6.61 Å². The molecular weight excluding hydrogens is 300 g/mol. The summed E-state index contributed by atoms with van der Waals surface area (Å²) >= 11 is 1.62. The first kappa shape index (κ1) is 15.2. The lowest BCUT2D eigenvalue weighted by atomic mass is 9.97. The van der Waals surface area contributed by atoms with E-state index in [0.717, 1.165) is 29.7 Å². The molecule has 1 aliphatic carbocycles. The highest BCUT2D eigenvalue weighted by molar-refractivity contribution is 7.18. The number of thiophene rings is 1. The van der Waals surface area contributed by atoms with Crippen LogP contribution in [-0.4, -0.2) is 22.1 Å². The standard InChI is InChI=1S/C16H20N2O3S/c1-3-11(16(20)21-4-2)18-9-17-14-13(15(18)19)10-7-5-6-8-12(10)22-14/h9,11H,3-8H2,1-2H3/t11-/m1/s1. The predicted octanol–water partition coefficient (Wildman–Crippen LogP) is 2.85. The van der Waals surface area contributed by atoms with Crippen LogP contribution in [0.3, 0.4) is 0 Å². The van der Waals surface area contributed by atoms with Crippen molar-refractivity contribution in [1.29, 1.82) is 0 Å². The Labute approximate surface area is 132 Å². The number of esters is 1. The zero-order valence-electron chi connectivity index (χ0n) is 12.9. The van der Waals surface area contributed by atoms with Crippen molar-refractivity contribution in [3.05, 3.63) is 27.1 Å². The monoisotopic (exact) mass is 320 g/mol. The van der Waals surface area contributed by atoms with E-state index >= 15 is 0 Å². The fourth-order valence-corrected chi connectivity index (χ4v) is 4.32. The number of aromatic nitrogens is 2. The summed E-state index contributed by atoms with van der Waals surface area (Å²) in [6.45, 7) is 3.96. The third-order valence-electron chi connectivity index (χ3n) is 4.18. The molecule has 2 aromatic heterocycles. The summed E-state index contributed by atoms with van der Waals surface area (Å²) in [6, 6.07) is -0.594. The highest BCUT2D eigenvalue weighted by Crippen LogP contribution is 2.33. The molecule has 6 heteroatoms. The van der Waals surface area contributed by atoms with Crippen LogP contribution in [0.1, 0.15) is 49.6 Å². The largest absolute Gasteiger partial charge is 0.464 e. The van der Waals surface area contributed by atoms with Crippen LogP contribution in [0.2, 0.25) is 0 Å². The van der Waals surface area contributed by atoms with E-state index < -0.39 is 6.04 Å². The summed E-state index contributed by atoms with van der Waals surface area (Å²) in [5.74, 6) is -0.364. The molecule has 0 aliphatic heterocycles. The molecule has 0 amide bonds. The lowest BCUT2D eigenvalue weighted by molar-refractivity contribution is -0.147. The van der Waals surface area contributed by atoms with E-state index in [4.69, 9.17) is 4.74 Å². The topological polar surface area (TPSA) is 61.2 Å². The smallest absolute Gasteiger partial charge is 0.329 e. The van der Waals surface area contributed by atoms with Crippen molar-refractivity contribution in [1.82, 2.24) is 9.55 Å². The zero-order chi connectivity index (χ0) is 15.7. The first-order valence-corrected chi connectivity index (χ1v) is 8.67. The molecule has 22 heavy (non-hydrogen) atoms. The number of nitrogens with zero attached hydrogens (tertiary/aromatic N) is 2. The van der Waals surface area contributed by atoms with Gasteiger partial charge in [-0.05, 0) is 44.6 Å². The SMILES string of the molecule is CCOC(=O)[C@@H](CC)n1cnc2sc3c(c2c1=O)CCCC3. The fraction of sp³-hybridized carbons (Fsp3) is 0.562. The Balaban J connectivity index is 2.13. The van der Waals surface area contributed by atoms with Crippen LogP contribution in [0.25, 0.3) is 10.2 Å². The Bertz CT molecular complexity index is 763. The van der Waals surface area contributed by atoms with Gasteiger partial charge in [0, 0.05) is 4.88 Å². The molecule has 0 N–H and O–H groups in total. The van der Waals surface area contributed by atoms with Crippen LogP contribution in [0.5, 0.6) is 0 Å². The molecule has 0 radical (unpaired) electrons. The van der Waals surface area contributed by atoms with Gasteiger partial charge in [-0.1, -0.05) is 6.92 Å². The summed E-state index contributed by atoms with van der Waals surface area (Å²) in [5, 5.41) is 0.713. The molecule has 0 unspecified atom stereocenters. The normalized spacial score (nSPS) is 15.5. The van der Waals surface area contributed by atoms with Crippen LogP contribution in [-0.2, 0) is 22.4 Å². The average molecular weight is 320 g/mol. The molecular formula is C16H20N2O3S. The number of aryl methyl sites for hydroxylation is 2. The van der Waals surface area contributed by atoms with Gasteiger partial charge in [-0.2, -0.15) is 0 Å². The molecule has 0 spiro atoms. The summed E-state index contributed by atoms with van der Waals surface area (Å²) < 4.78 is 6.53. The Morgan fingerprint density at radius 3 is 2.91 bits per heavy atom.